The predicted octanol–water partition coefficient (Wildman–Crippen LogP) is 2.03. The minimum Gasteiger partial charge on any atom is -0.453 e. The number of ether oxygens (including phenoxy) is 2. The molecule has 3 heteroatoms. The molecule has 0 N–H and O–H groups in total. The lowest BCUT2D eigenvalue weighted by molar-refractivity contribution is -0.200. The van der Waals surface area contributed by atoms with Crippen molar-refractivity contribution in [1.29, 1.82) is 0 Å². The van der Waals surface area contributed by atoms with Crippen LogP contribution in [-0.4, -0.2) is 18.7 Å². The van der Waals surface area contributed by atoms with Gasteiger partial charge >= 0.3 is 5.97 Å². The van der Waals surface area contributed by atoms with Crippen LogP contribution < -0.4 is 0 Å². The number of rotatable bonds is 2. The van der Waals surface area contributed by atoms with Gasteiger partial charge in [0.1, 0.15) is 12.2 Å². The fraction of sp³-hybridized carbons (Fsp3) is 0.308. The number of benzene rings is 1. The Labute approximate surface area is 94.7 Å². The van der Waals surface area contributed by atoms with Crippen LogP contribution in [0.2, 0.25) is 0 Å². The molecule has 1 heterocycles. The van der Waals surface area contributed by atoms with Crippen molar-refractivity contribution in [2.45, 2.75) is 18.6 Å². The lowest BCUT2D eigenvalue weighted by Gasteiger charge is -2.39. The summed E-state index contributed by atoms with van der Waals surface area (Å²) in [5, 5.41) is 0. The predicted molar refractivity (Wildman–Crippen MR) is 59.8 cm³/mol. The number of hydrogen-bond donors (Lipinski definition) is 0. The largest absolute Gasteiger partial charge is 0.453 e. The van der Waals surface area contributed by atoms with E-state index < -0.39 is 11.7 Å². The van der Waals surface area contributed by atoms with E-state index in [2.05, 4.69) is 6.58 Å². The third-order valence-electron chi connectivity index (χ3n) is 2.85. The number of carbonyl (C=O) groups excluding carboxylic acids is 1. The van der Waals surface area contributed by atoms with Crippen LogP contribution in [0.1, 0.15) is 12.5 Å². The maximum absolute atomic E-state index is 11.2. The lowest BCUT2D eigenvalue weighted by Crippen LogP contribution is -2.47. The zero-order valence-electron chi connectivity index (χ0n) is 9.18. The molecule has 2 atom stereocenters. The van der Waals surface area contributed by atoms with Crippen LogP contribution in [0.25, 0.3) is 0 Å². The zero-order valence-corrected chi connectivity index (χ0v) is 9.18. The molecule has 1 aromatic rings. The van der Waals surface area contributed by atoms with Crippen LogP contribution in [0.4, 0.5) is 0 Å². The highest BCUT2D eigenvalue weighted by atomic mass is 16.6. The third kappa shape index (κ3) is 1.74. The molecular formula is C13H14O3. The summed E-state index contributed by atoms with van der Waals surface area (Å²) >= 11 is 0. The lowest BCUT2D eigenvalue weighted by atomic mass is 9.89. The molecule has 84 valence electrons. The molecule has 0 aliphatic carbocycles. The van der Waals surface area contributed by atoms with Gasteiger partial charge in [-0.25, -0.2) is 4.79 Å². The summed E-state index contributed by atoms with van der Waals surface area (Å²) in [4.78, 5) is 11.2. The van der Waals surface area contributed by atoms with Gasteiger partial charge < -0.3 is 9.47 Å². The first kappa shape index (κ1) is 10.9. The first-order chi connectivity index (χ1) is 7.66. The standard InChI is InChI=1S/C13H14O3/c1-3-11-13(2,15-9-12(14)16-11)10-7-5-4-6-8-10/h3-8,11H,1,9H2,2H3/t11-,13-/m1/s1. The van der Waals surface area contributed by atoms with Gasteiger partial charge in [0, 0.05) is 0 Å². The fourth-order valence-electron chi connectivity index (χ4n) is 1.87. The molecule has 0 bridgehead atoms. The van der Waals surface area contributed by atoms with E-state index in [1.807, 2.05) is 37.3 Å². The molecular weight excluding hydrogens is 204 g/mol. The van der Waals surface area contributed by atoms with Crippen LogP contribution >= 0.6 is 0 Å². The van der Waals surface area contributed by atoms with Gasteiger partial charge in [0.15, 0.2) is 6.10 Å². The Morgan fingerprint density at radius 1 is 1.44 bits per heavy atom. The molecule has 0 saturated carbocycles. The third-order valence-corrected chi connectivity index (χ3v) is 2.85. The maximum atomic E-state index is 11.2. The quantitative estimate of drug-likeness (QED) is 0.563. The van der Waals surface area contributed by atoms with Crippen molar-refractivity contribution in [3.05, 3.63) is 48.6 Å². The zero-order chi connectivity index (χ0) is 11.6. The Bertz CT molecular complexity index is 399. The molecule has 1 aromatic carbocycles. The van der Waals surface area contributed by atoms with E-state index in [9.17, 15) is 4.79 Å². The molecule has 2 rings (SSSR count). The molecule has 0 aromatic heterocycles. The van der Waals surface area contributed by atoms with Crippen molar-refractivity contribution >= 4 is 5.97 Å². The Kier molecular flexibility index (Phi) is 2.79. The Hall–Kier alpha value is -1.61. The summed E-state index contributed by atoms with van der Waals surface area (Å²) in [7, 11) is 0. The smallest absolute Gasteiger partial charge is 0.332 e. The van der Waals surface area contributed by atoms with Gasteiger partial charge in [-0.2, -0.15) is 0 Å². The average Bonchev–Trinajstić information content (AvgIpc) is 2.33. The summed E-state index contributed by atoms with van der Waals surface area (Å²) in [5.41, 5.74) is 0.337. The highest BCUT2D eigenvalue weighted by Crippen LogP contribution is 2.34. The number of cyclic esters (lactones) is 1. The van der Waals surface area contributed by atoms with E-state index in [1.54, 1.807) is 6.08 Å². The molecule has 0 radical (unpaired) electrons. The van der Waals surface area contributed by atoms with E-state index >= 15 is 0 Å². The van der Waals surface area contributed by atoms with E-state index in [4.69, 9.17) is 9.47 Å². The van der Waals surface area contributed by atoms with E-state index in [-0.39, 0.29) is 12.6 Å². The van der Waals surface area contributed by atoms with Crippen molar-refractivity contribution in [3.63, 3.8) is 0 Å². The Morgan fingerprint density at radius 3 is 2.75 bits per heavy atom. The second kappa shape index (κ2) is 4.10. The second-order valence-electron chi connectivity index (χ2n) is 3.91. The van der Waals surface area contributed by atoms with Gasteiger partial charge in [0.25, 0.3) is 0 Å². The maximum Gasteiger partial charge on any atom is 0.332 e. The van der Waals surface area contributed by atoms with Crippen molar-refractivity contribution in [1.82, 2.24) is 0 Å². The van der Waals surface area contributed by atoms with Gasteiger partial charge in [0.2, 0.25) is 0 Å². The SMILES string of the molecule is C=C[C@H]1OC(=O)CO[C@]1(C)c1ccccc1. The summed E-state index contributed by atoms with van der Waals surface area (Å²) in [5.74, 6) is -0.349. The average molecular weight is 218 g/mol. The topological polar surface area (TPSA) is 35.5 Å². The number of esters is 1. The van der Waals surface area contributed by atoms with Crippen LogP contribution in [0.3, 0.4) is 0 Å². The minimum atomic E-state index is -0.642. The highest BCUT2D eigenvalue weighted by molar-refractivity contribution is 5.72. The van der Waals surface area contributed by atoms with Gasteiger partial charge in [-0.15, -0.1) is 0 Å². The van der Waals surface area contributed by atoms with Crippen molar-refractivity contribution in [2.75, 3.05) is 6.61 Å². The normalized spacial score (nSPS) is 29.6. The Balaban J connectivity index is 2.36. The number of carbonyl (C=O) groups is 1. The van der Waals surface area contributed by atoms with Gasteiger partial charge in [-0.1, -0.05) is 36.9 Å². The second-order valence-corrected chi connectivity index (χ2v) is 3.91. The molecule has 1 fully saturated rings. The Morgan fingerprint density at radius 2 is 2.12 bits per heavy atom. The fourth-order valence-corrected chi connectivity index (χ4v) is 1.87. The van der Waals surface area contributed by atoms with Crippen LogP contribution in [0, 0.1) is 0 Å². The molecule has 1 aliphatic rings. The highest BCUT2D eigenvalue weighted by Gasteiger charge is 2.42. The van der Waals surface area contributed by atoms with Gasteiger partial charge in [0.05, 0.1) is 0 Å². The van der Waals surface area contributed by atoms with E-state index in [0.717, 1.165) is 5.56 Å². The summed E-state index contributed by atoms with van der Waals surface area (Å²) in [6, 6.07) is 9.71. The molecule has 0 unspecified atom stereocenters. The first-order valence-corrected chi connectivity index (χ1v) is 5.18. The van der Waals surface area contributed by atoms with Crippen LogP contribution in [0.5, 0.6) is 0 Å². The molecule has 16 heavy (non-hydrogen) atoms. The first-order valence-electron chi connectivity index (χ1n) is 5.18. The monoisotopic (exact) mass is 218 g/mol. The minimum absolute atomic E-state index is 0.0181. The molecule has 1 aliphatic heterocycles. The van der Waals surface area contributed by atoms with Gasteiger partial charge in [-0.05, 0) is 18.6 Å². The summed E-state index contributed by atoms with van der Waals surface area (Å²) < 4.78 is 10.8. The number of hydrogen-bond acceptors (Lipinski definition) is 3. The van der Waals surface area contributed by atoms with Crippen molar-refractivity contribution < 1.29 is 14.3 Å². The molecule has 1 saturated heterocycles. The molecule has 0 amide bonds. The van der Waals surface area contributed by atoms with Crippen LogP contribution in [0.15, 0.2) is 43.0 Å². The molecule has 0 spiro atoms. The molecule has 3 nitrogen and oxygen atoms in total. The van der Waals surface area contributed by atoms with E-state index in [0.29, 0.717) is 0 Å². The summed E-state index contributed by atoms with van der Waals surface area (Å²) in [6.07, 6.45) is 1.15. The van der Waals surface area contributed by atoms with Crippen molar-refractivity contribution in [2.24, 2.45) is 0 Å². The summed E-state index contributed by atoms with van der Waals surface area (Å²) in [6.45, 7) is 5.57. The van der Waals surface area contributed by atoms with Crippen molar-refractivity contribution in [3.8, 4) is 0 Å². The van der Waals surface area contributed by atoms with E-state index in [1.165, 1.54) is 0 Å². The van der Waals surface area contributed by atoms with Gasteiger partial charge in [-0.3, -0.25) is 0 Å². The van der Waals surface area contributed by atoms with Crippen LogP contribution in [-0.2, 0) is 19.9 Å².